The number of carbonyl (C=O) groups excluding carboxylic acids is 5. The lowest BCUT2D eigenvalue weighted by atomic mass is 10.0. The molecule has 4 amide bonds. The Morgan fingerprint density at radius 1 is 0.642 bits per heavy atom. The minimum Gasteiger partial charge on any atom is -0.378 e. The van der Waals surface area contributed by atoms with Crippen molar-refractivity contribution < 1.29 is 28.7 Å². The Bertz CT molecular complexity index is 1210. The van der Waals surface area contributed by atoms with Gasteiger partial charge in [-0.1, -0.05) is 38.5 Å². The van der Waals surface area contributed by atoms with Crippen LogP contribution < -0.4 is 32.3 Å². The van der Waals surface area contributed by atoms with Gasteiger partial charge in [0.1, 0.15) is 11.6 Å². The van der Waals surface area contributed by atoms with E-state index in [1.807, 2.05) is 23.5 Å². The van der Waals surface area contributed by atoms with Crippen molar-refractivity contribution in [2.24, 2.45) is 10.7 Å². The number of hydrogen-bond acceptors (Lipinski definition) is 11. The molecular formula is C38H65N7O6S2. The lowest BCUT2D eigenvalue weighted by molar-refractivity contribution is -0.122. The molecule has 3 saturated heterocycles. The molecule has 15 heteroatoms. The van der Waals surface area contributed by atoms with Crippen LogP contribution in [0.1, 0.15) is 128 Å². The summed E-state index contributed by atoms with van der Waals surface area (Å²) in [5.74, 6) is 3.29. The molecular weight excluding hydrogens is 715 g/mol. The summed E-state index contributed by atoms with van der Waals surface area (Å²) in [7, 11) is 0. The van der Waals surface area contributed by atoms with Gasteiger partial charge in [-0.25, -0.2) is 9.79 Å². The van der Waals surface area contributed by atoms with Crippen LogP contribution in [-0.4, -0.2) is 108 Å². The van der Waals surface area contributed by atoms with Gasteiger partial charge in [0.25, 0.3) is 0 Å². The van der Waals surface area contributed by atoms with E-state index in [9.17, 15) is 24.0 Å². The number of ether oxygens (including phenoxy) is 1. The number of nitrogens with zero attached hydrogens (tertiary/aromatic N) is 1. The number of nitrogens with two attached hydrogens (primary N) is 1. The van der Waals surface area contributed by atoms with Crippen molar-refractivity contribution in [2.75, 3.05) is 37.8 Å². The largest absolute Gasteiger partial charge is 0.378 e. The number of nitrogens with one attached hydrogen (secondary N) is 5. The number of thioether (sulfide) groups is 2. The highest BCUT2D eigenvalue weighted by Crippen LogP contribution is 2.35. The monoisotopic (exact) mass is 779 g/mol. The van der Waals surface area contributed by atoms with E-state index in [0.29, 0.717) is 105 Å². The predicted molar refractivity (Wildman–Crippen MR) is 213 cm³/mol. The Morgan fingerprint density at radius 3 is 1.72 bits per heavy atom. The number of Topliss-reactive ketones (excluding diaryl/α,β-unsaturated/α-hetero) is 2. The molecule has 0 radical (unpaired) electrons. The van der Waals surface area contributed by atoms with E-state index < -0.39 is 0 Å². The van der Waals surface area contributed by atoms with Crippen LogP contribution in [0.3, 0.4) is 0 Å². The first-order chi connectivity index (χ1) is 25.8. The maximum Gasteiger partial charge on any atom is 0.315 e. The highest BCUT2D eigenvalue weighted by Gasteiger charge is 2.42. The average Bonchev–Trinajstić information content (AvgIpc) is 3.89. The van der Waals surface area contributed by atoms with Gasteiger partial charge in [-0.2, -0.15) is 23.5 Å². The smallest absolute Gasteiger partial charge is 0.315 e. The van der Waals surface area contributed by atoms with Gasteiger partial charge < -0.3 is 37.1 Å². The standard InChI is InChI=1S/C38H65N7O6S2/c39-37-42-29-25-52-31(35(29)44-37)17-11-9-15-27(46)13-5-1-3-7-19-33(48)40-21-23-51-24-22-41-34(49)20-8-4-2-6-14-28(47)16-10-12-18-32-36-30(26-53-32)43-38(50)45-36/h29-32,35-36H,1-26H2,(H,40,48)(H,41,49)(H3,39,42,44)(H2,43,45,50)/t29-,30-,31-,32-,35-,36-/m0/s1. The minimum atomic E-state index is -0.0537. The third-order valence-corrected chi connectivity index (χ3v) is 13.6. The molecule has 0 aromatic heterocycles. The van der Waals surface area contributed by atoms with Crippen LogP contribution in [-0.2, 0) is 23.9 Å². The Balaban J connectivity index is 0.826. The van der Waals surface area contributed by atoms with Gasteiger partial charge in [0.05, 0.1) is 37.4 Å². The molecule has 4 heterocycles. The fraction of sp³-hybridized carbons (Fsp3) is 0.842. The number of aliphatic imine (C=N–C) groups is 1. The third kappa shape index (κ3) is 16.8. The van der Waals surface area contributed by atoms with Gasteiger partial charge in [-0.15, -0.1) is 0 Å². The van der Waals surface area contributed by atoms with Gasteiger partial charge >= 0.3 is 6.03 Å². The molecule has 0 bridgehead atoms. The van der Waals surface area contributed by atoms with Crippen LogP contribution in [0.2, 0.25) is 0 Å². The van der Waals surface area contributed by atoms with E-state index in [1.54, 1.807) is 0 Å². The first-order valence-electron chi connectivity index (χ1n) is 20.3. The molecule has 0 spiro atoms. The van der Waals surface area contributed by atoms with E-state index in [1.165, 1.54) is 0 Å². The van der Waals surface area contributed by atoms with Crippen molar-refractivity contribution in [3.63, 3.8) is 0 Å². The minimum absolute atomic E-state index is 0.0123. The summed E-state index contributed by atoms with van der Waals surface area (Å²) in [5.41, 5.74) is 5.80. The third-order valence-electron chi connectivity index (χ3n) is 10.6. The number of fused-ring (bicyclic) bond motifs is 2. The maximum absolute atomic E-state index is 12.3. The van der Waals surface area contributed by atoms with Gasteiger partial charge in [0.15, 0.2) is 5.96 Å². The van der Waals surface area contributed by atoms with E-state index in [2.05, 4.69) is 31.6 Å². The lowest BCUT2D eigenvalue weighted by Gasteiger charge is -2.16. The molecule has 13 nitrogen and oxygen atoms in total. The summed E-state index contributed by atoms with van der Waals surface area (Å²) in [6.07, 6.45) is 16.7. The summed E-state index contributed by atoms with van der Waals surface area (Å²) in [6, 6.07) is 1.11. The molecule has 0 saturated carbocycles. The number of guanidine groups is 1. The normalized spacial score (nSPS) is 24.2. The zero-order valence-electron chi connectivity index (χ0n) is 31.6. The SMILES string of the molecule is NC1=N[C@H]2[C@H](CS[C@H]2CCCCC(=O)CCCCCCC(=O)NCCOCCNC(=O)CCCCCCC(=O)CCCC[C@@H]2SC[C@@H]3NC(=O)N[C@@H]32)N1. The van der Waals surface area contributed by atoms with Crippen LogP contribution >= 0.6 is 23.5 Å². The molecule has 4 rings (SSSR count). The first kappa shape index (κ1) is 43.2. The lowest BCUT2D eigenvalue weighted by Crippen LogP contribution is -2.38. The number of amides is 4. The van der Waals surface area contributed by atoms with Gasteiger partial charge in [-0.3, -0.25) is 19.2 Å². The van der Waals surface area contributed by atoms with Crippen LogP contribution in [0.15, 0.2) is 4.99 Å². The van der Waals surface area contributed by atoms with Crippen molar-refractivity contribution in [2.45, 2.75) is 163 Å². The van der Waals surface area contributed by atoms with Crippen molar-refractivity contribution >= 4 is 58.9 Å². The van der Waals surface area contributed by atoms with Gasteiger partial charge in [0, 0.05) is 73.6 Å². The van der Waals surface area contributed by atoms with E-state index in [0.717, 1.165) is 101 Å². The molecule has 0 aromatic carbocycles. The molecule has 4 aliphatic heterocycles. The van der Waals surface area contributed by atoms with Crippen molar-refractivity contribution in [3.05, 3.63) is 0 Å². The first-order valence-corrected chi connectivity index (χ1v) is 22.4. The molecule has 53 heavy (non-hydrogen) atoms. The number of urea groups is 1. The van der Waals surface area contributed by atoms with Crippen molar-refractivity contribution in [1.82, 2.24) is 26.6 Å². The fourth-order valence-electron chi connectivity index (χ4n) is 7.58. The molecule has 0 unspecified atom stereocenters. The Morgan fingerprint density at radius 2 is 1.13 bits per heavy atom. The van der Waals surface area contributed by atoms with E-state index in [-0.39, 0.29) is 29.9 Å². The second-order valence-electron chi connectivity index (χ2n) is 15.0. The molecule has 7 N–H and O–H groups in total. The van der Waals surface area contributed by atoms with Gasteiger partial charge in [-0.05, 0) is 51.4 Å². The molecule has 3 fully saturated rings. The molecule has 6 atom stereocenters. The maximum atomic E-state index is 12.3. The summed E-state index contributed by atoms with van der Waals surface area (Å²) in [4.78, 5) is 64.7. The zero-order chi connectivity index (χ0) is 37.7. The molecule has 0 aromatic rings. The molecule has 300 valence electrons. The Kier molecular flexibility index (Phi) is 20.2. The van der Waals surface area contributed by atoms with Crippen molar-refractivity contribution in [1.29, 1.82) is 0 Å². The topological polar surface area (TPSA) is 193 Å². The second-order valence-corrected chi connectivity index (χ2v) is 17.5. The van der Waals surface area contributed by atoms with E-state index >= 15 is 0 Å². The summed E-state index contributed by atoms with van der Waals surface area (Å²) in [6.45, 7) is 1.70. The highest BCUT2D eigenvalue weighted by molar-refractivity contribution is 8.00. The summed E-state index contributed by atoms with van der Waals surface area (Å²) >= 11 is 3.88. The quantitative estimate of drug-likeness (QED) is 0.0457. The Hall–Kier alpha value is -2.52. The number of unbranched alkanes of at least 4 members (excludes halogenated alkanes) is 8. The fourth-order valence-corrected chi connectivity index (χ4v) is 10.6. The number of rotatable bonds is 30. The molecule has 4 aliphatic rings. The number of carbonyl (C=O) groups is 5. The van der Waals surface area contributed by atoms with Crippen LogP contribution in [0.5, 0.6) is 0 Å². The van der Waals surface area contributed by atoms with Crippen LogP contribution in [0.4, 0.5) is 4.79 Å². The average molecular weight is 780 g/mol. The summed E-state index contributed by atoms with van der Waals surface area (Å²) in [5, 5.41) is 15.9. The van der Waals surface area contributed by atoms with Crippen LogP contribution in [0, 0.1) is 0 Å². The van der Waals surface area contributed by atoms with Crippen molar-refractivity contribution in [3.8, 4) is 0 Å². The second kappa shape index (κ2) is 24.8. The Labute approximate surface area is 324 Å². The number of hydrogen-bond donors (Lipinski definition) is 6. The van der Waals surface area contributed by atoms with E-state index in [4.69, 9.17) is 10.5 Å². The summed E-state index contributed by atoms with van der Waals surface area (Å²) < 4.78 is 5.53. The zero-order valence-corrected chi connectivity index (χ0v) is 33.3. The van der Waals surface area contributed by atoms with Crippen LogP contribution in [0.25, 0.3) is 0 Å². The number of ketones is 2. The molecule has 0 aliphatic carbocycles. The highest BCUT2D eigenvalue weighted by atomic mass is 32.2. The predicted octanol–water partition coefficient (Wildman–Crippen LogP) is 4.11. The van der Waals surface area contributed by atoms with Gasteiger partial charge in [0.2, 0.25) is 11.8 Å².